The lowest BCUT2D eigenvalue weighted by molar-refractivity contribution is -0.220. The molecule has 69 heavy (non-hydrogen) atoms. The number of unbranched alkanes of at least 4 members (excludes halogenated alkanes) is 20. The largest absolute Gasteiger partial charge is 0.472 e. The van der Waals surface area contributed by atoms with Gasteiger partial charge in [0.2, 0.25) is 0 Å². The second-order valence-electron chi connectivity index (χ2n) is 18.4. The lowest BCUT2D eigenvalue weighted by atomic mass is 9.85. The molecule has 0 radical (unpaired) electrons. The number of aliphatic hydroxyl groups excluding tert-OH is 5. The number of carbonyl (C=O) groups excluding carboxylic acids is 2. The SMILES string of the molecule is CCCCC/C=C/C/C=C/C/C=C/C/C=C/CCCC(=O)OC[C@H](COP(=O)(O)OC1C(O)C(O)C(O)[C@@H](O)C1O)OC(=O)CCC/C=C/CC/C=C/CCCCCCCCCCCCCCCC. The fourth-order valence-corrected chi connectivity index (χ4v) is 8.68. The molecule has 0 amide bonds. The topological polar surface area (TPSA) is 210 Å². The van der Waals surface area contributed by atoms with E-state index in [1.807, 2.05) is 18.2 Å². The molecule has 0 aromatic heterocycles. The van der Waals surface area contributed by atoms with E-state index in [0.717, 1.165) is 44.9 Å². The predicted molar refractivity (Wildman–Crippen MR) is 276 cm³/mol. The smallest absolute Gasteiger partial charge is 0.462 e. The zero-order chi connectivity index (χ0) is 50.6. The van der Waals surface area contributed by atoms with Gasteiger partial charge in [-0.05, 0) is 83.5 Å². The molecule has 0 aromatic rings. The number of rotatable bonds is 44. The van der Waals surface area contributed by atoms with Crippen LogP contribution in [0.3, 0.4) is 0 Å². The van der Waals surface area contributed by atoms with Crippen molar-refractivity contribution in [2.24, 2.45) is 0 Å². The predicted octanol–water partition coefficient (Wildman–Crippen LogP) is 11.8. The average Bonchev–Trinajstić information content (AvgIpc) is 3.33. The lowest BCUT2D eigenvalue weighted by Gasteiger charge is -2.41. The molecule has 0 aliphatic heterocycles. The Hall–Kier alpha value is -2.71. The first kappa shape index (κ1) is 64.3. The van der Waals surface area contributed by atoms with Crippen LogP contribution >= 0.6 is 7.82 Å². The molecular formula is C55H95O13P. The number of phosphoric acid groups is 1. The van der Waals surface area contributed by atoms with Crippen molar-refractivity contribution in [3.63, 3.8) is 0 Å². The summed E-state index contributed by atoms with van der Waals surface area (Å²) in [5.74, 6) is -1.22. The quantitative estimate of drug-likeness (QED) is 0.0145. The number of aliphatic hydroxyl groups is 5. The third kappa shape index (κ3) is 36.0. The van der Waals surface area contributed by atoms with Crippen molar-refractivity contribution >= 4 is 19.8 Å². The van der Waals surface area contributed by atoms with Crippen molar-refractivity contribution in [2.75, 3.05) is 13.2 Å². The molecule has 0 bridgehead atoms. The van der Waals surface area contributed by atoms with Gasteiger partial charge in [0.15, 0.2) is 6.10 Å². The third-order valence-electron chi connectivity index (χ3n) is 12.0. The van der Waals surface area contributed by atoms with Crippen LogP contribution in [-0.4, -0.2) is 98.3 Å². The van der Waals surface area contributed by atoms with E-state index in [-0.39, 0.29) is 12.8 Å². The summed E-state index contributed by atoms with van der Waals surface area (Å²) in [6, 6.07) is 0. The van der Waals surface area contributed by atoms with Crippen LogP contribution in [-0.2, 0) is 32.7 Å². The zero-order valence-electron chi connectivity index (χ0n) is 42.6. The molecule has 14 heteroatoms. The number of carbonyl (C=O) groups is 2. The lowest BCUT2D eigenvalue weighted by Crippen LogP contribution is -2.64. The molecule has 1 saturated carbocycles. The first-order valence-electron chi connectivity index (χ1n) is 26.7. The van der Waals surface area contributed by atoms with Crippen molar-refractivity contribution in [3.8, 4) is 0 Å². The molecule has 0 saturated heterocycles. The highest BCUT2D eigenvalue weighted by Gasteiger charge is 2.51. The summed E-state index contributed by atoms with van der Waals surface area (Å²) in [4.78, 5) is 35.8. The molecule has 8 atom stereocenters. The van der Waals surface area contributed by atoms with E-state index in [1.165, 1.54) is 109 Å². The minimum Gasteiger partial charge on any atom is -0.462 e. The normalized spacial score (nSPS) is 21.4. The van der Waals surface area contributed by atoms with E-state index >= 15 is 0 Å². The molecule has 398 valence electrons. The first-order valence-corrected chi connectivity index (χ1v) is 28.2. The van der Waals surface area contributed by atoms with E-state index in [0.29, 0.717) is 25.7 Å². The van der Waals surface area contributed by atoms with Gasteiger partial charge in [-0.1, -0.05) is 183 Å². The first-order chi connectivity index (χ1) is 33.4. The number of esters is 2. The van der Waals surface area contributed by atoms with Gasteiger partial charge in [0, 0.05) is 12.8 Å². The van der Waals surface area contributed by atoms with Crippen LogP contribution in [0.2, 0.25) is 0 Å². The van der Waals surface area contributed by atoms with Crippen molar-refractivity contribution in [3.05, 3.63) is 72.9 Å². The second-order valence-corrected chi connectivity index (χ2v) is 19.8. The number of hydrogen-bond donors (Lipinski definition) is 6. The van der Waals surface area contributed by atoms with E-state index in [1.54, 1.807) is 0 Å². The van der Waals surface area contributed by atoms with E-state index < -0.39 is 75.7 Å². The summed E-state index contributed by atoms with van der Waals surface area (Å²) in [5.41, 5.74) is 0. The van der Waals surface area contributed by atoms with Crippen LogP contribution in [0.4, 0.5) is 0 Å². The van der Waals surface area contributed by atoms with Gasteiger partial charge in [0.25, 0.3) is 0 Å². The van der Waals surface area contributed by atoms with Gasteiger partial charge in [-0.25, -0.2) is 4.57 Å². The molecule has 6 unspecified atom stereocenters. The van der Waals surface area contributed by atoms with Crippen molar-refractivity contribution in [1.82, 2.24) is 0 Å². The summed E-state index contributed by atoms with van der Waals surface area (Å²) in [6.07, 6.45) is 44.0. The molecule has 0 spiro atoms. The monoisotopic (exact) mass is 995 g/mol. The highest BCUT2D eigenvalue weighted by atomic mass is 31.2. The molecule has 1 aliphatic rings. The van der Waals surface area contributed by atoms with Gasteiger partial charge >= 0.3 is 19.8 Å². The molecular weight excluding hydrogens is 900 g/mol. The second kappa shape index (κ2) is 44.0. The van der Waals surface area contributed by atoms with Gasteiger partial charge in [-0.15, -0.1) is 0 Å². The minimum atomic E-state index is -5.15. The van der Waals surface area contributed by atoms with Crippen molar-refractivity contribution < 1.29 is 63.1 Å². The van der Waals surface area contributed by atoms with Crippen LogP contribution in [0.25, 0.3) is 0 Å². The Bertz CT molecular complexity index is 1480. The fourth-order valence-electron chi connectivity index (χ4n) is 7.71. The van der Waals surface area contributed by atoms with Crippen LogP contribution in [0.1, 0.15) is 206 Å². The van der Waals surface area contributed by atoms with E-state index in [9.17, 15) is 44.6 Å². The minimum absolute atomic E-state index is 0.0226. The molecule has 1 aliphatic carbocycles. The average molecular weight is 995 g/mol. The van der Waals surface area contributed by atoms with Crippen LogP contribution in [0, 0.1) is 0 Å². The Morgan fingerprint density at radius 1 is 0.449 bits per heavy atom. The number of allylic oxidation sites excluding steroid dienone is 12. The molecule has 1 fully saturated rings. The van der Waals surface area contributed by atoms with Gasteiger partial charge in [0.1, 0.15) is 43.2 Å². The van der Waals surface area contributed by atoms with E-state index in [4.69, 9.17) is 18.5 Å². The maximum atomic E-state index is 12.9. The fraction of sp³-hybridized carbons (Fsp3) is 0.745. The Balaban J connectivity index is 2.44. The number of hydrogen-bond acceptors (Lipinski definition) is 12. The third-order valence-corrected chi connectivity index (χ3v) is 13.0. The van der Waals surface area contributed by atoms with Gasteiger partial charge in [-0.2, -0.15) is 0 Å². The molecule has 0 heterocycles. The summed E-state index contributed by atoms with van der Waals surface area (Å²) >= 11 is 0. The number of phosphoric ester groups is 1. The Labute approximate surface area is 416 Å². The van der Waals surface area contributed by atoms with Crippen LogP contribution in [0.15, 0.2) is 72.9 Å². The molecule has 1 rings (SSSR count). The maximum Gasteiger partial charge on any atom is 0.472 e. The standard InChI is InChI=1S/C55H95O13P/c1-3-5-7-9-11-13-15-17-19-21-22-23-24-25-26-28-30-32-34-36-38-40-42-44-49(57)67-47(46-66-69(63,64)68-55-53(61)51(59)50(58)52(60)54(55)62)45-65-48(56)43-41-39-37-35-33-31-29-27-20-18-16-14-12-10-8-6-4-2/h12,14,18,20,28-31,35-38,47,50-55,58-62H,3-11,13,15-17,19,21-27,32-34,39-46H2,1-2H3,(H,63,64)/b14-12+,20-18+,30-28+,31-29+,37-35+,38-36+/t47-,50?,51-,52?,53?,54?,55?/m1/s1. The Morgan fingerprint density at radius 3 is 1.28 bits per heavy atom. The van der Waals surface area contributed by atoms with E-state index in [2.05, 4.69) is 68.5 Å². The Kier molecular flexibility index (Phi) is 41.0. The van der Waals surface area contributed by atoms with Crippen LogP contribution in [0.5, 0.6) is 0 Å². The highest BCUT2D eigenvalue weighted by Crippen LogP contribution is 2.47. The summed E-state index contributed by atoms with van der Waals surface area (Å²) in [6.45, 7) is 3.22. The number of ether oxygens (including phenoxy) is 2. The van der Waals surface area contributed by atoms with Crippen molar-refractivity contribution in [2.45, 2.75) is 249 Å². The highest BCUT2D eigenvalue weighted by molar-refractivity contribution is 7.47. The van der Waals surface area contributed by atoms with Crippen LogP contribution < -0.4 is 0 Å². The summed E-state index contributed by atoms with van der Waals surface area (Å²) < 4.78 is 33.5. The molecule has 0 aromatic carbocycles. The van der Waals surface area contributed by atoms with Gasteiger partial charge < -0.3 is 39.9 Å². The Morgan fingerprint density at radius 2 is 0.797 bits per heavy atom. The summed E-state index contributed by atoms with van der Waals surface area (Å²) in [7, 11) is -5.15. The molecule has 13 nitrogen and oxygen atoms in total. The zero-order valence-corrected chi connectivity index (χ0v) is 43.5. The molecule has 6 N–H and O–H groups in total. The van der Waals surface area contributed by atoms with Crippen molar-refractivity contribution in [1.29, 1.82) is 0 Å². The van der Waals surface area contributed by atoms with Gasteiger partial charge in [0.05, 0.1) is 6.61 Å². The summed E-state index contributed by atoms with van der Waals surface area (Å²) in [5, 5.41) is 50.3. The maximum absolute atomic E-state index is 12.9. The van der Waals surface area contributed by atoms with Gasteiger partial charge in [-0.3, -0.25) is 18.6 Å².